The van der Waals surface area contributed by atoms with Crippen LogP contribution in [-0.4, -0.2) is 43.7 Å². The van der Waals surface area contributed by atoms with Gasteiger partial charge in [0.25, 0.3) is 5.91 Å². The minimum atomic E-state index is -0.440. The number of esters is 1. The molecule has 0 unspecified atom stereocenters. The molecule has 2 aromatic heterocycles. The largest absolute Gasteiger partial charge is 0.462 e. The van der Waals surface area contributed by atoms with Crippen LogP contribution in [0.3, 0.4) is 0 Å². The fraction of sp³-hybridized carbons (Fsp3) is 0.333. The number of carbonyl (C=O) groups is 2. The number of hydrogen-bond donors (Lipinski definition) is 1. The normalized spacial score (nSPS) is 10.9. The van der Waals surface area contributed by atoms with Crippen LogP contribution in [0.4, 0.5) is 5.13 Å². The maximum atomic E-state index is 12.5. The molecule has 1 aromatic carbocycles. The number of amides is 1. The molecule has 2 heterocycles. The molecule has 0 aliphatic carbocycles. The molecular weight excluding hydrogens is 380 g/mol. The van der Waals surface area contributed by atoms with Gasteiger partial charge in [0.15, 0.2) is 5.13 Å². The van der Waals surface area contributed by atoms with Gasteiger partial charge in [-0.25, -0.2) is 9.78 Å². The van der Waals surface area contributed by atoms with Crippen molar-refractivity contribution in [1.82, 2.24) is 25.2 Å². The minimum Gasteiger partial charge on any atom is -0.462 e. The number of tetrazole rings is 1. The Bertz CT molecular complexity index is 993. The second kappa shape index (κ2) is 8.26. The van der Waals surface area contributed by atoms with E-state index < -0.39 is 5.97 Å². The Morgan fingerprint density at radius 3 is 2.57 bits per heavy atom. The highest BCUT2D eigenvalue weighted by molar-refractivity contribution is 7.17. The molecule has 0 radical (unpaired) electrons. The molecule has 0 aliphatic heterocycles. The fourth-order valence-electron chi connectivity index (χ4n) is 2.34. The number of anilines is 1. The number of nitrogens with one attached hydrogen (secondary N) is 1. The molecule has 0 atom stereocenters. The molecule has 3 rings (SSSR count). The maximum Gasteiger partial charge on any atom is 0.350 e. The molecule has 0 bridgehead atoms. The summed E-state index contributed by atoms with van der Waals surface area (Å²) in [6.07, 6.45) is 0. The SMILES string of the molecule is CCOC(=O)c1sc(NC(=O)c2ccc(-c3nnn(C(C)C)n3)cc2)nc1C. The summed E-state index contributed by atoms with van der Waals surface area (Å²) < 4.78 is 4.98. The summed E-state index contributed by atoms with van der Waals surface area (Å²) in [4.78, 5) is 30.5. The number of hydrogen-bond acceptors (Lipinski definition) is 8. The van der Waals surface area contributed by atoms with E-state index in [1.807, 2.05) is 13.8 Å². The molecule has 1 amide bonds. The van der Waals surface area contributed by atoms with Gasteiger partial charge in [0.1, 0.15) is 4.88 Å². The highest BCUT2D eigenvalue weighted by atomic mass is 32.1. The lowest BCUT2D eigenvalue weighted by molar-refractivity contribution is 0.0531. The zero-order valence-corrected chi connectivity index (χ0v) is 16.8. The van der Waals surface area contributed by atoms with Gasteiger partial charge in [-0.2, -0.15) is 4.80 Å². The molecule has 0 spiro atoms. The molecule has 0 saturated carbocycles. The Kier molecular flexibility index (Phi) is 5.78. The lowest BCUT2D eigenvalue weighted by atomic mass is 10.1. The zero-order valence-electron chi connectivity index (χ0n) is 16.0. The second-order valence-electron chi connectivity index (χ2n) is 6.21. The van der Waals surface area contributed by atoms with Gasteiger partial charge in [-0.1, -0.05) is 23.5 Å². The van der Waals surface area contributed by atoms with E-state index in [9.17, 15) is 9.59 Å². The van der Waals surface area contributed by atoms with Crippen molar-refractivity contribution in [3.63, 3.8) is 0 Å². The first-order valence-electron chi connectivity index (χ1n) is 8.75. The summed E-state index contributed by atoms with van der Waals surface area (Å²) in [5, 5.41) is 15.4. The van der Waals surface area contributed by atoms with Crippen molar-refractivity contribution in [2.75, 3.05) is 11.9 Å². The molecule has 10 heteroatoms. The molecule has 3 aromatic rings. The van der Waals surface area contributed by atoms with E-state index in [2.05, 4.69) is 25.7 Å². The summed E-state index contributed by atoms with van der Waals surface area (Å²) in [6, 6.07) is 6.98. The maximum absolute atomic E-state index is 12.5. The van der Waals surface area contributed by atoms with Crippen LogP contribution in [-0.2, 0) is 4.74 Å². The number of ether oxygens (including phenoxy) is 1. The van der Waals surface area contributed by atoms with E-state index in [1.54, 1.807) is 38.1 Å². The lowest BCUT2D eigenvalue weighted by Gasteiger charge is -2.03. The van der Waals surface area contributed by atoms with Gasteiger partial charge in [-0.15, -0.1) is 10.2 Å². The third-order valence-corrected chi connectivity index (χ3v) is 4.83. The van der Waals surface area contributed by atoms with Crippen LogP contribution in [0.5, 0.6) is 0 Å². The molecule has 28 heavy (non-hydrogen) atoms. The first kappa shape index (κ1) is 19.6. The summed E-state index contributed by atoms with van der Waals surface area (Å²) in [7, 11) is 0. The molecule has 9 nitrogen and oxygen atoms in total. The summed E-state index contributed by atoms with van der Waals surface area (Å²) in [5.74, 6) is -0.269. The standard InChI is InChI=1S/C18H20N6O3S/c1-5-27-17(26)14-11(4)19-18(28-14)20-16(25)13-8-6-12(7-9-13)15-21-23-24(22-15)10(2)3/h6-10H,5H2,1-4H3,(H,19,20,25). The van der Waals surface area contributed by atoms with Gasteiger partial charge >= 0.3 is 5.97 Å². The molecule has 0 fully saturated rings. The first-order chi connectivity index (χ1) is 13.4. The number of aromatic nitrogens is 5. The van der Waals surface area contributed by atoms with Crippen LogP contribution in [0, 0.1) is 6.92 Å². The lowest BCUT2D eigenvalue weighted by Crippen LogP contribution is -2.11. The summed E-state index contributed by atoms with van der Waals surface area (Å²) in [6.45, 7) is 7.65. The summed E-state index contributed by atoms with van der Waals surface area (Å²) >= 11 is 1.09. The van der Waals surface area contributed by atoms with E-state index >= 15 is 0 Å². The van der Waals surface area contributed by atoms with Crippen molar-refractivity contribution in [2.45, 2.75) is 33.7 Å². The highest BCUT2D eigenvalue weighted by Gasteiger charge is 2.18. The molecule has 0 saturated heterocycles. The van der Waals surface area contributed by atoms with Crippen molar-refractivity contribution >= 4 is 28.3 Å². The average molecular weight is 400 g/mol. The third-order valence-electron chi connectivity index (χ3n) is 3.77. The van der Waals surface area contributed by atoms with Gasteiger partial charge in [0, 0.05) is 11.1 Å². The monoisotopic (exact) mass is 400 g/mol. The van der Waals surface area contributed by atoms with Gasteiger partial charge in [0.05, 0.1) is 18.3 Å². The smallest absolute Gasteiger partial charge is 0.350 e. The Balaban J connectivity index is 1.71. The van der Waals surface area contributed by atoms with Crippen molar-refractivity contribution in [1.29, 1.82) is 0 Å². The Hall–Kier alpha value is -3.14. The van der Waals surface area contributed by atoms with Gasteiger partial charge in [-0.05, 0) is 45.0 Å². The summed E-state index contributed by atoms with van der Waals surface area (Å²) in [5.41, 5.74) is 1.73. The van der Waals surface area contributed by atoms with Crippen molar-refractivity contribution in [3.8, 4) is 11.4 Å². The second-order valence-corrected chi connectivity index (χ2v) is 7.21. The fourth-order valence-corrected chi connectivity index (χ4v) is 3.19. The van der Waals surface area contributed by atoms with Crippen molar-refractivity contribution < 1.29 is 14.3 Å². The highest BCUT2D eigenvalue weighted by Crippen LogP contribution is 2.24. The predicted octanol–water partition coefficient (Wildman–Crippen LogP) is 3.11. The average Bonchev–Trinajstić information content (AvgIpc) is 3.29. The van der Waals surface area contributed by atoms with E-state index in [4.69, 9.17) is 4.74 Å². The van der Waals surface area contributed by atoms with Crippen LogP contribution in [0.15, 0.2) is 24.3 Å². The number of rotatable bonds is 6. The Morgan fingerprint density at radius 2 is 1.96 bits per heavy atom. The predicted molar refractivity (Wildman–Crippen MR) is 104 cm³/mol. The van der Waals surface area contributed by atoms with Crippen LogP contribution in [0.1, 0.15) is 52.5 Å². The van der Waals surface area contributed by atoms with Gasteiger partial charge in [0.2, 0.25) is 5.82 Å². The zero-order chi connectivity index (χ0) is 20.3. The Labute approximate surface area is 165 Å². The van der Waals surface area contributed by atoms with Gasteiger partial charge in [-0.3, -0.25) is 10.1 Å². The molecular formula is C18H20N6O3S. The number of nitrogens with zero attached hydrogens (tertiary/aromatic N) is 5. The van der Waals surface area contributed by atoms with Crippen LogP contribution in [0.2, 0.25) is 0 Å². The van der Waals surface area contributed by atoms with E-state index in [-0.39, 0.29) is 18.6 Å². The number of benzene rings is 1. The van der Waals surface area contributed by atoms with E-state index in [0.29, 0.717) is 27.1 Å². The van der Waals surface area contributed by atoms with Crippen LogP contribution in [0.25, 0.3) is 11.4 Å². The van der Waals surface area contributed by atoms with E-state index in [0.717, 1.165) is 16.9 Å². The molecule has 146 valence electrons. The van der Waals surface area contributed by atoms with Crippen molar-refractivity contribution in [3.05, 3.63) is 40.4 Å². The number of carbonyl (C=O) groups excluding carboxylic acids is 2. The molecule has 0 aliphatic rings. The van der Waals surface area contributed by atoms with E-state index in [1.165, 1.54) is 4.80 Å². The van der Waals surface area contributed by atoms with Crippen LogP contribution >= 0.6 is 11.3 Å². The van der Waals surface area contributed by atoms with Gasteiger partial charge < -0.3 is 4.74 Å². The van der Waals surface area contributed by atoms with Crippen LogP contribution < -0.4 is 5.32 Å². The number of aryl methyl sites for hydroxylation is 1. The third kappa shape index (κ3) is 4.22. The topological polar surface area (TPSA) is 112 Å². The quantitative estimate of drug-likeness (QED) is 0.633. The Morgan fingerprint density at radius 1 is 1.25 bits per heavy atom. The number of thiazole rings is 1. The first-order valence-corrected chi connectivity index (χ1v) is 9.56. The molecule has 1 N–H and O–H groups in total. The van der Waals surface area contributed by atoms with Crippen molar-refractivity contribution in [2.24, 2.45) is 0 Å². The minimum absolute atomic E-state index is 0.118.